The summed E-state index contributed by atoms with van der Waals surface area (Å²) in [5.74, 6) is -0.831. The number of sulfonamides is 1. The van der Waals surface area contributed by atoms with Crippen LogP contribution in [0.1, 0.15) is 20.7 Å². The summed E-state index contributed by atoms with van der Waals surface area (Å²) in [6.45, 7) is 0. The second-order valence-corrected chi connectivity index (χ2v) is 8.95. The summed E-state index contributed by atoms with van der Waals surface area (Å²) in [7, 11) is -1.31. The van der Waals surface area contributed by atoms with Crippen molar-refractivity contribution in [1.82, 2.24) is 4.47 Å². The summed E-state index contributed by atoms with van der Waals surface area (Å²) in [6.07, 6.45) is 0. The van der Waals surface area contributed by atoms with E-state index in [1.165, 1.54) is 38.4 Å². The van der Waals surface area contributed by atoms with Crippen LogP contribution in [0.15, 0.2) is 77.7 Å². The first-order valence-corrected chi connectivity index (χ1v) is 11.1. The lowest BCUT2D eigenvalue weighted by Gasteiger charge is -2.15. The molecule has 3 rings (SSSR count). The number of nitrogens with one attached hydrogen (secondary N) is 2. The van der Waals surface area contributed by atoms with Gasteiger partial charge in [0.25, 0.3) is 21.8 Å². The van der Waals surface area contributed by atoms with Crippen LogP contribution in [-0.2, 0) is 14.9 Å². The number of rotatable bonds is 7. The number of hydrogen-bond acceptors (Lipinski definition) is 5. The van der Waals surface area contributed by atoms with Crippen LogP contribution in [0.25, 0.3) is 0 Å². The molecular formula is C22H20ClN3O5S. The first-order chi connectivity index (χ1) is 15.2. The van der Waals surface area contributed by atoms with Crippen molar-refractivity contribution in [2.45, 2.75) is 4.90 Å². The number of hydrogen-bond donors (Lipinski definition) is 2. The van der Waals surface area contributed by atoms with Gasteiger partial charge in [-0.15, -0.1) is 0 Å². The highest BCUT2D eigenvalue weighted by atomic mass is 35.5. The molecule has 3 aromatic rings. The monoisotopic (exact) mass is 473 g/mol. The highest BCUT2D eigenvalue weighted by Crippen LogP contribution is 2.23. The maximum absolute atomic E-state index is 12.7. The number of halogens is 1. The molecule has 0 atom stereocenters. The molecule has 0 aliphatic heterocycles. The fraction of sp³-hybridized carbons (Fsp3) is 0.0909. The fourth-order valence-corrected chi connectivity index (χ4v) is 3.82. The second-order valence-electron chi connectivity index (χ2n) is 6.58. The molecule has 10 heteroatoms. The van der Waals surface area contributed by atoms with Gasteiger partial charge in [-0.1, -0.05) is 28.2 Å². The van der Waals surface area contributed by atoms with Gasteiger partial charge in [0.15, 0.2) is 0 Å². The largest absolute Gasteiger partial charge is 0.320 e. The van der Waals surface area contributed by atoms with Gasteiger partial charge >= 0.3 is 0 Å². The van der Waals surface area contributed by atoms with Crippen molar-refractivity contribution in [3.05, 3.63) is 88.9 Å². The Morgan fingerprint density at radius 1 is 0.812 bits per heavy atom. The normalized spacial score (nSPS) is 11.2. The van der Waals surface area contributed by atoms with Crippen LogP contribution in [0.2, 0.25) is 5.02 Å². The molecule has 0 bridgehead atoms. The summed E-state index contributed by atoms with van der Waals surface area (Å²) in [5.41, 5.74) is 1.44. The minimum Gasteiger partial charge on any atom is -0.320 e. The molecule has 0 aliphatic carbocycles. The van der Waals surface area contributed by atoms with E-state index >= 15 is 0 Å². The average molecular weight is 474 g/mol. The lowest BCUT2D eigenvalue weighted by Crippen LogP contribution is -2.25. The summed E-state index contributed by atoms with van der Waals surface area (Å²) in [5, 5.41) is 6.00. The molecule has 32 heavy (non-hydrogen) atoms. The molecule has 2 amide bonds. The lowest BCUT2D eigenvalue weighted by atomic mass is 10.2. The Hall–Kier alpha value is -3.24. The van der Waals surface area contributed by atoms with Gasteiger partial charge in [0.05, 0.1) is 23.4 Å². The minimum atomic E-state index is -3.82. The van der Waals surface area contributed by atoms with Crippen LogP contribution in [0.4, 0.5) is 11.4 Å². The van der Waals surface area contributed by atoms with Gasteiger partial charge in [-0.2, -0.15) is 0 Å². The van der Waals surface area contributed by atoms with E-state index in [4.69, 9.17) is 16.4 Å². The van der Waals surface area contributed by atoms with E-state index in [9.17, 15) is 18.0 Å². The Morgan fingerprint density at radius 2 is 1.25 bits per heavy atom. The molecule has 0 heterocycles. The molecular weight excluding hydrogens is 454 g/mol. The Balaban J connectivity index is 1.76. The van der Waals surface area contributed by atoms with Crippen LogP contribution >= 0.6 is 11.6 Å². The molecule has 2 N–H and O–H groups in total. The zero-order chi connectivity index (χ0) is 23.3. The molecule has 0 aliphatic rings. The maximum Gasteiger partial charge on any atom is 0.264 e. The van der Waals surface area contributed by atoms with E-state index in [1.54, 1.807) is 48.5 Å². The van der Waals surface area contributed by atoms with Gasteiger partial charge in [-0.3, -0.25) is 14.4 Å². The molecule has 3 aromatic carbocycles. The van der Waals surface area contributed by atoms with Crippen molar-refractivity contribution in [2.75, 3.05) is 24.8 Å². The number of carbonyl (C=O) groups is 2. The number of carbonyl (C=O) groups excluding carboxylic acids is 2. The Bertz CT molecular complexity index is 1230. The predicted molar refractivity (Wildman–Crippen MR) is 122 cm³/mol. The molecule has 166 valence electrons. The number of para-hydroxylation sites is 2. The summed E-state index contributed by atoms with van der Waals surface area (Å²) >= 11 is 5.85. The van der Waals surface area contributed by atoms with Gasteiger partial charge in [-0.25, -0.2) is 8.42 Å². The first-order valence-electron chi connectivity index (χ1n) is 9.33. The van der Waals surface area contributed by atoms with Gasteiger partial charge in [-0.05, 0) is 60.7 Å². The van der Waals surface area contributed by atoms with Crippen LogP contribution in [0.5, 0.6) is 0 Å². The van der Waals surface area contributed by atoms with E-state index in [1.807, 2.05) is 0 Å². The standard InChI is InChI=1S/C22H20ClN3O5S/c1-26(31-2)32(29,30)18-13-9-16(10-14-18)22(28)25-20-6-4-3-5-19(20)24-21(27)15-7-11-17(23)12-8-15/h3-14H,1-2H3,(H,24,27)(H,25,28). The van der Waals surface area contributed by atoms with Crippen molar-refractivity contribution >= 4 is 44.8 Å². The molecule has 0 aromatic heterocycles. The van der Waals surface area contributed by atoms with Crippen molar-refractivity contribution in [2.24, 2.45) is 0 Å². The van der Waals surface area contributed by atoms with Gasteiger partial charge in [0.2, 0.25) is 0 Å². The Morgan fingerprint density at radius 3 is 1.69 bits per heavy atom. The van der Waals surface area contributed by atoms with Crippen LogP contribution < -0.4 is 10.6 Å². The number of benzene rings is 3. The number of amides is 2. The molecule has 0 radical (unpaired) electrons. The quantitative estimate of drug-likeness (QED) is 0.504. The maximum atomic E-state index is 12.7. The van der Waals surface area contributed by atoms with Crippen LogP contribution in [0.3, 0.4) is 0 Å². The molecule has 0 unspecified atom stereocenters. The zero-order valence-electron chi connectivity index (χ0n) is 17.2. The number of hydroxylamine groups is 1. The fourth-order valence-electron chi connectivity index (χ4n) is 2.72. The molecule has 0 saturated carbocycles. The van der Waals surface area contributed by atoms with Crippen LogP contribution in [-0.4, -0.2) is 38.9 Å². The summed E-state index contributed by atoms with van der Waals surface area (Å²) in [6, 6.07) is 18.5. The third-order valence-corrected chi connectivity index (χ3v) is 6.49. The SMILES string of the molecule is CON(C)S(=O)(=O)c1ccc(C(=O)Nc2ccccc2NC(=O)c2ccc(Cl)cc2)cc1. The summed E-state index contributed by atoms with van der Waals surface area (Å²) in [4.78, 5) is 29.9. The third-order valence-electron chi connectivity index (χ3n) is 4.54. The molecule has 8 nitrogen and oxygen atoms in total. The topological polar surface area (TPSA) is 105 Å². The van der Waals surface area contributed by atoms with Gasteiger partial charge in [0, 0.05) is 23.2 Å². The number of nitrogens with zero attached hydrogens (tertiary/aromatic N) is 1. The van der Waals surface area contributed by atoms with Gasteiger partial charge in [0.1, 0.15) is 0 Å². The van der Waals surface area contributed by atoms with Crippen molar-refractivity contribution in [1.29, 1.82) is 0 Å². The van der Waals surface area contributed by atoms with Crippen molar-refractivity contribution < 1.29 is 22.8 Å². The predicted octanol–water partition coefficient (Wildman–Crippen LogP) is 4.03. The zero-order valence-corrected chi connectivity index (χ0v) is 18.8. The minimum absolute atomic E-state index is 0.0194. The Labute approximate surface area is 190 Å². The van der Waals surface area contributed by atoms with Crippen molar-refractivity contribution in [3.63, 3.8) is 0 Å². The van der Waals surface area contributed by atoms with E-state index in [-0.39, 0.29) is 16.4 Å². The first kappa shape index (κ1) is 23.4. The van der Waals surface area contributed by atoms with Gasteiger partial charge < -0.3 is 10.6 Å². The molecule has 0 saturated heterocycles. The van der Waals surface area contributed by atoms with E-state index < -0.39 is 15.9 Å². The summed E-state index contributed by atoms with van der Waals surface area (Å²) < 4.78 is 25.3. The lowest BCUT2D eigenvalue weighted by molar-refractivity contribution is -0.0258. The molecule has 0 fully saturated rings. The number of anilines is 2. The average Bonchev–Trinajstić information content (AvgIpc) is 2.80. The smallest absolute Gasteiger partial charge is 0.264 e. The van der Waals surface area contributed by atoms with E-state index in [0.29, 0.717) is 22.0 Å². The highest BCUT2D eigenvalue weighted by molar-refractivity contribution is 7.89. The highest BCUT2D eigenvalue weighted by Gasteiger charge is 2.21. The van der Waals surface area contributed by atoms with Crippen molar-refractivity contribution in [3.8, 4) is 0 Å². The third kappa shape index (κ3) is 5.32. The van der Waals surface area contributed by atoms with Crippen LogP contribution in [0, 0.1) is 0 Å². The second kappa shape index (κ2) is 9.92. The van der Waals surface area contributed by atoms with E-state index in [0.717, 1.165) is 4.47 Å². The van der Waals surface area contributed by atoms with E-state index in [2.05, 4.69) is 10.6 Å². The molecule has 0 spiro atoms. The Kier molecular flexibility index (Phi) is 7.26.